The molecule has 4 unspecified atom stereocenters. The molecule has 4 aliphatic rings. The predicted octanol–water partition coefficient (Wildman–Crippen LogP) is 5.01. The van der Waals surface area contributed by atoms with Crippen LogP contribution < -0.4 is 5.73 Å². The van der Waals surface area contributed by atoms with E-state index in [2.05, 4.69) is 26.5 Å². The molecule has 0 aromatic heterocycles. The average molecular weight is 372 g/mol. The molecule has 0 heterocycles. The molecule has 3 fully saturated rings. The van der Waals surface area contributed by atoms with E-state index in [1.165, 1.54) is 44.1 Å². The van der Waals surface area contributed by atoms with Gasteiger partial charge in [0.2, 0.25) is 0 Å². The second-order valence-corrected chi connectivity index (χ2v) is 10.3. The van der Waals surface area contributed by atoms with Crippen LogP contribution in [0.4, 0.5) is 0 Å². The van der Waals surface area contributed by atoms with Crippen LogP contribution in [0.25, 0.3) is 0 Å². The Kier molecular flexibility index (Phi) is 4.81. The fourth-order valence-electron chi connectivity index (χ4n) is 7.06. The van der Waals surface area contributed by atoms with Crippen LogP contribution >= 0.6 is 0 Å². The van der Waals surface area contributed by atoms with Crippen molar-refractivity contribution in [3.63, 3.8) is 0 Å². The Morgan fingerprint density at radius 2 is 1.89 bits per heavy atom. The van der Waals surface area contributed by atoms with E-state index < -0.39 is 0 Å². The zero-order valence-electron chi connectivity index (χ0n) is 17.4. The molecule has 0 aromatic carbocycles. The predicted molar refractivity (Wildman–Crippen MR) is 109 cm³/mol. The average Bonchev–Trinajstić information content (AvgIpc) is 2.96. The van der Waals surface area contributed by atoms with E-state index in [0.29, 0.717) is 17.4 Å². The summed E-state index contributed by atoms with van der Waals surface area (Å²) < 4.78 is 5.77. The third kappa shape index (κ3) is 2.92. The van der Waals surface area contributed by atoms with Crippen molar-refractivity contribution in [2.24, 2.45) is 40.2 Å². The van der Waals surface area contributed by atoms with E-state index in [0.717, 1.165) is 30.6 Å². The smallest absolute Gasteiger partial charge is 0.310 e. The van der Waals surface area contributed by atoms with Gasteiger partial charge in [0.15, 0.2) is 0 Å². The summed E-state index contributed by atoms with van der Waals surface area (Å²) in [6.45, 7) is 11.6. The van der Waals surface area contributed by atoms with Crippen LogP contribution in [0.5, 0.6) is 0 Å². The van der Waals surface area contributed by atoms with Gasteiger partial charge >= 0.3 is 5.97 Å². The molecule has 3 saturated carbocycles. The van der Waals surface area contributed by atoms with Crippen molar-refractivity contribution in [3.8, 4) is 0 Å². The molecule has 0 spiro atoms. The van der Waals surface area contributed by atoms with Gasteiger partial charge in [0, 0.05) is 6.54 Å². The molecule has 4 aliphatic carbocycles. The van der Waals surface area contributed by atoms with E-state index in [9.17, 15) is 4.79 Å². The van der Waals surface area contributed by atoms with Crippen molar-refractivity contribution >= 4 is 5.97 Å². The van der Waals surface area contributed by atoms with E-state index in [-0.39, 0.29) is 18.0 Å². The lowest BCUT2D eigenvalue weighted by Gasteiger charge is -2.58. The Morgan fingerprint density at radius 3 is 2.63 bits per heavy atom. The Balaban J connectivity index is 1.53. The van der Waals surface area contributed by atoms with Crippen molar-refractivity contribution in [1.29, 1.82) is 0 Å². The molecule has 150 valence electrons. The van der Waals surface area contributed by atoms with Gasteiger partial charge in [-0.25, -0.2) is 0 Å². The molecule has 7 atom stereocenters. The number of fused-ring (bicyclic) bond motifs is 5. The lowest BCUT2D eigenvalue weighted by Crippen LogP contribution is -2.50. The molecule has 0 aromatic rings. The van der Waals surface area contributed by atoms with Gasteiger partial charge in [0.1, 0.15) is 6.10 Å². The Bertz CT molecular complexity index is 667. The maximum absolute atomic E-state index is 12.2. The maximum Gasteiger partial charge on any atom is 0.310 e. The molecular formula is C24H37NO2. The highest BCUT2D eigenvalue weighted by molar-refractivity contribution is 5.72. The molecule has 27 heavy (non-hydrogen) atoms. The minimum absolute atomic E-state index is 0.0498. The first kappa shape index (κ1) is 19.2. The van der Waals surface area contributed by atoms with Gasteiger partial charge in [-0.2, -0.15) is 0 Å². The number of allylic oxidation sites excluding steroid dienone is 2. The summed E-state index contributed by atoms with van der Waals surface area (Å²) in [4.78, 5) is 12.2. The number of nitrogens with two attached hydrogens (primary N) is 1. The van der Waals surface area contributed by atoms with Crippen LogP contribution in [0, 0.1) is 34.5 Å². The number of rotatable bonds is 3. The van der Waals surface area contributed by atoms with Crippen molar-refractivity contribution in [2.75, 3.05) is 6.54 Å². The van der Waals surface area contributed by atoms with E-state index in [4.69, 9.17) is 10.5 Å². The molecule has 3 nitrogen and oxygen atoms in total. The zero-order chi connectivity index (χ0) is 19.4. The highest BCUT2D eigenvalue weighted by Gasteiger charge is 2.57. The van der Waals surface area contributed by atoms with Crippen molar-refractivity contribution in [1.82, 2.24) is 0 Å². The van der Waals surface area contributed by atoms with Gasteiger partial charge < -0.3 is 10.5 Å². The Hall–Kier alpha value is -1.09. The van der Waals surface area contributed by atoms with Gasteiger partial charge in [0.05, 0.1) is 5.92 Å². The summed E-state index contributed by atoms with van der Waals surface area (Å²) in [5.41, 5.74) is 9.39. The minimum atomic E-state index is -0.209. The normalized spacial score (nSPS) is 44.6. The first-order valence-electron chi connectivity index (χ1n) is 11.1. The monoisotopic (exact) mass is 371 g/mol. The summed E-state index contributed by atoms with van der Waals surface area (Å²) in [5.74, 6) is 2.12. The van der Waals surface area contributed by atoms with Crippen LogP contribution in [0.1, 0.15) is 72.1 Å². The summed E-state index contributed by atoms with van der Waals surface area (Å²) in [6.07, 6.45) is 12.1. The molecule has 0 amide bonds. The molecule has 0 saturated heterocycles. The Labute approximate surface area is 164 Å². The second-order valence-electron chi connectivity index (χ2n) is 10.3. The van der Waals surface area contributed by atoms with E-state index in [1.54, 1.807) is 5.57 Å². The first-order valence-corrected chi connectivity index (χ1v) is 11.1. The molecule has 3 heteroatoms. The van der Waals surface area contributed by atoms with Crippen molar-refractivity contribution in [3.05, 3.63) is 23.8 Å². The van der Waals surface area contributed by atoms with Crippen LogP contribution in [0.2, 0.25) is 0 Å². The fourth-order valence-corrected chi connectivity index (χ4v) is 7.06. The number of ether oxygens (including phenoxy) is 1. The molecule has 4 rings (SSSR count). The highest BCUT2D eigenvalue weighted by Crippen LogP contribution is 2.66. The fraction of sp³-hybridized carbons (Fsp3) is 0.792. The standard InChI is InChI=1S/C24H37NO2/c1-15(14-25)22(26)27-18-9-11-24(4)17(13-18)6-7-19-20-8-5-16(2)23(20,3)12-10-21(19)24/h13,15,18-21H,2,5-12,14,25H2,1,3-4H3/t15?,18-,19?,20?,21?,23+,24-/m0/s1. The van der Waals surface area contributed by atoms with Gasteiger partial charge in [-0.1, -0.05) is 38.5 Å². The SMILES string of the molecule is C=C1CCC2C3CCC4=C[C@@H](OC(=O)C(C)CN)CC[C@]4(C)C3CC[C@]12C. The van der Waals surface area contributed by atoms with Crippen LogP contribution in [0.3, 0.4) is 0 Å². The highest BCUT2D eigenvalue weighted by atomic mass is 16.5. The lowest BCUT2D eigenvalue weighted by atomic mass is 9.47. The topological polar surface area (TPSA) is 52.3 Å². The van der Waals surface area contributed by atoms with E-state index in [1.807, 2.05) is 6.92 Å². The largest absolute Gasteiger partial charge is 0.458 e. The van der Waals surface area contributed by atoms with Gasteiger partial charge in [0.25, 0.3) is 0 Å². The number of hydrogen-bond donors (Lipinski definition) is 1. The number of carbonyl (C=O) groups excluding carboxylic acids is 1. The first-order chi connectivity index (χ1) is 12.8. The molecule has 0 aliphatic heterocycles. The van der Waals surface area contributed by atoms with Gasteiger partial charge in [-0.15, -0.1) is 0 Å². The lowest BCUT2D eigenvalue weighted by molar-refractivity contribution is -0.152. The van der Waals surface area contributed by atoms with Crippen LogP contribution in [0.15, 0.2) is 23.8 Å². The summed E-state index contributed by atoms with van der Waals surface area (Å²) in [7, 11) is 0. The zero-order valence-corrected chi connectivity index (χ0v) is 17.4. The van der Waals surface area contributed by atoms with Crippen LogP contribution in [-0.2, 0) is 9.53 Å². The van der Waals surface area contributed by atoms with Crippen LogP contribution in [-0.4, -0.2) is 18.6 Å². The second kappa shape index (κ2) is 6.76. The maximum atomic E-state index is 12.2. The van der Waals surface area contributed by atoms with Crippen molar-refractivity contribution in [2.45, 2.75) is 78.2 Å². The summed E-state index contributed by atoms with van der Waals surface area (Å²) in [5, 5.41) is 0. The quantitative estimate of drug-likeness (QED) is 0.560. The number of esters is 1. The van der Waals surface area contributed by atoms with Crippen molar-refractivity contribution < 1.29 is 9.53 Å². The van der Waals surface area contributed by atoms with Gasteiger partial charge in [-0.05, 0) is 86.0 Å². The molecule has 2 N–H and O–H groups in total. The molecular weight excluding hydrogens is 334 g/mol. The van der Waals surface area contributed by atoms with E-state index >= 15 is 0 Å². The third-order valence-electron chi connectivity index (χ3n) is 9.05. The minimum Gasteiger partial charge on any atom is -0.458 e. The third-order valence-corrected chi connectivity index (χ3v) is 9.05. The molecule has 0 bridgehead atoms. The number of carbonyl (C=O) groups is 1. The Morgan fingerprint density at radius 1 is 1.19 bits per heavy atom. The summed E-state index contributed by atoms with van der Waals surface area (Å²) >= 11 is 0. The summed E-state index contributed by atoms with van der Waals surface area (Å²) in [6, 6.07) is 0. The molecule has 0 radical (unpaired) electrons. The van der Waals surface area contributed by atoms with Gasteiger partial charge in [-0.3, -0.25) is 4.79 Å². The number of hydrogen-bond acceptors (Lipinski definition) is 3.